The summed E-state index contributed by atoms with van der Waals surface area (Å²) in [7, 11) is 0. The molecular weight excluding hydrogens is 188 g/mol. The summed E-state index contributed by atoms with van der Waals surface area (Å²) in [5.74, 6) is 0.727. The van der Waals surface area contributed by atoms with Gasteiger partial charge in [0.2, 0.25) is 0 Å². The number of rotatable bonds is 5. The molecule has 90 valence electrons. The monoisotopic (exact) mass is 214 g/mol. The molecule has 0 aliphatic carbocycles. The molecule has 1 N–H and O–H groups in total. The maximum Gasteiger partial charge on any atom is 0.0593 e. The topological polar surface area (TPSA) is 24.5 Å². The van der Waals surface area contributed by atoms with Crippen LogP contribution in [0.25, 0.3) is 0 Å². The Bertz CT molecular complexity index is 154. The van der Waals surface area contributed by atoms with E-state index in [1.54, 1.807) is 0 Å². The summed E-state index contributed by atoms with van der Waals surface area (Å²) in [5.41, 5.74) is 0. The number of nitrogens with one attached hydrogen (secondary N) is 1. The van der Waals surface area contributed by atoms with Gasteiger partial charge >= 0.3 is 0 Å². The molecule has 15 heavy (non-hydrogen) atoms. The molecule has 1 atom stereocenters. The molecule has 0 aromatic heterocycles. The van der Waals surface area contributed by atoms with E-state index in [0.29, 0.717) is 6.04 Å². The summed E-state index contributed by atoms with van der Waals surface area (Å²) in [6.07, 6.45) is 1.18. The normalized spacial score (nSPS) is 21.6. The molecule has 1 saturated heterocycles. The van der Waals surface area contributed by atoms with Gasteiger partial charge in [-0.15, -0.1) is 0 Å². The molecule has 1 rings (SSSR count). The van der Waals surface area contributed by atoms with Crippen LogP contribution in [0.4, 0.5) is 0 Å². The fourth-order valence-corrected chi connectivity index (χ4v) is 1.92. The van der Waals surface area contributed by atoms with E-state index in [2.05, 4.69) is 31.0 Å². The van der Waals surface area contributed by atoms with Crippen LogP contribution in [0.5, 0.6) is 0 Å². The first kappa shape index (κ1) is 12.9. The van der Waals surface area contributed by atoms with Crippen molar-refractivity contribution in [3.8, 4) is 0 Å². The maximum absolute atomic E-state index is 5.45. The van der Waals surface area contributed by atoms with Gasteiger partial charge in [0, 0.05) is 32.3 Å². The molecule has 1 aliphatic rings. The maximum atomic E-state index is 5.45. The summed E-state index contributed by atoms with van der Waals surface area (Å²) in [5, 5.41) is 3.49. The molecule has 0 radical (unpaired) electrons. The third kappa shape index (κ3) is 6.13. The van der Waals surface area contributed by atoms with Gasteiger partial charge in [0.05, 0.1) is 6.61 Å². The van der Waals surface area contributed by atoms with E-state index in [1.807, 2.05) is 0 Å². The molecule has 1 aliphatic heterocycles. The molecule has 0 spiro atoms. The lowest BCUT2D eigenvalue weighted by Crippen LogP contribution is -2.36. The number of hydrogen-bond donors (Lipinski definition) is 1. The molecule has 0 aromatic rings. The fraction of sp³-hybridized carbons (Fsp3) is 1.00. The number of ether oxygens (including phenoxy) is 1. The van der Waals surface area contributed by atoms with Crippen molar-refractivity contribution in [2.24, 2.45) is 5.92 Å². The molecule has 0 saturated carbocycles. The Labute approximate surface area is 94.2 Å². The average molecular weight is 214 g/mol. The van der Waals surface area contributed by atoms with Crippen LogP contribution >= 0.6 is 0 Å². The summed E-state index contributed by atoms with van der Waals surface area (Å²) in [4.78, 5) is 2.53. The zero-order chi connectivity index (χ0) is 11.1. The number of hydrogen-bond acceptors (Lipinski definition) is 3. The van der Waals surface area contributed by atoms with Crippen molar-refractivity contribution in [3.05, 3.63) is 0 Å². The summed E-state index contributed by atoms with van der Waals surface area (Å²) in [6, 6.07) is 0.597. The van der Waals surface area contributed by atoms with E-state index in [1.165, 1.54) is 19.5 Å². The molecular formula is C12H26N2O. The second-order valence-corrected chi connectivity index (χ2v) is 4.93. The van der Waals surface area contributed by atoms with Gasteiger partial charge < -0.3 is 15.0 Å². The minimum absolute atomic E-state index is 0.597. The van der Waals surface area contributed by atoms with E-state index in [0.717, 1.165) is 32.2 Å². The lowest BCUT2D eigenvalue weighted by molar-refractivity contribution is 0.138. The van der Waals surface area contributed by atoms with E-state index in [-0.39, 0.29) is 0 Å². The SMILES string of the molecule is CC(CNC(C)C)CN1CCCOCC1. The molecule has 3 nitrogen and oxygen atoms in total. The highest BCUT2D eigenvalue weighted by Gasteiger charge is 2.12. The Balaban J connectivity index is 2.14. The van der Waals surface area contributed by atoms with E-state index < -0.39 is 0 Å². The third-order valence-electron chi connectivity index (χ3n) is 2.76. The first-order valence-electron chi connectivity index (χ1n) is 6.22. The lowest BCUT2D eigenvalue weighted by Gasteiger charge is -2.24. The minimum atomic E-state index is 0.597. The minimum Gasteiger partial charge on any atom is -0.380 e. The Morgan fingerprint density at radius 3 is 2.73 bits per heavy atom. The van der Waals surface area contributed by atoms with E-state index in [9.17, 15) is 0 Å². The van der Waals surface area contributed by atoms with Gasteiger partial charge in [-0.3, -0.25) is 0 Å². The molecule has 0 amide bonds. The van der Waals surface area contributed by atoms with Crippen LogP contribution in [0.3, 0.4) is 0 Å². The lowest BCUT2D eigenvalue weighted by atomic mass is 10.1. The molecule has 1 fully saturated rings. The first-order valence-corrected chi connectivity index (χ1v) is 6.22. The second-order valence-electron chi connectivity index (χ2n) is 4.93. The fourth-order valence-electron chi connectivity index (χ4n) is 1.92. The molecule has 3 heteroatoms. The van der Waals surface area contributed by atoms with Crippen LogP contribution in [0, 0.1) is 5.92 Å². The van der Waals surface area contributed by atoms with E-state index in [4.69, 9.17) is 4.74 Å². The Morgan fingerprint density at radius 2 is 2.00 bits per heavy atom. The van der Waals surface area contributed by atoms with Gasteiger partial charge in [-0.05, 0) is 18.9 Å². The molecule has 1 heterocycles. The highest BCUT2D eigenvalue weighted by Crippen LogP contribution is 2.03. The van der Waals surface area contributed by atoms with Crippen molar-refractivity contribution in [2.45, 2.75) is 33.2 Å². The largest absolute Gasteiger partial charge is 0.380 e. The van der Waals surface area contributed by atoms with Crippen LogP contribution in [-0.2, 0) is 4.74 Å². The van der Waals surface area contributed by atoms with Crippen LogP contribution < -0.4 is 5.32 Å². The van der Waals surface area contributed by atoms with Crippen LogP contribution in [0.2, 0.25) is 0 Å². The smallest absolute Gasteiger partial charge is 0.0593 e. The van der Waals surface area contributed by atoms with Crippen molar-refractivity contribution in [3.63, 3.8) is 0 Å². The van der Waals surface area contributed by atoms with Crippen molar-refractivity contribution in [1.82, 2.24) is 10.2 Å². The standard InChI is InChI=1S/C12H26N2O/c1-11(2)13-9-12(3)10-14-5-4-7-15-8-6-14/h11-13H,4-10H2,1-3H3. The molecule has 0 aromatic carbocycles. The highest BCUT2D eigenvalue weighted by molar-refractivity contribution is 4.67. The zero-order valence-corrected chi connectivity index (χ0v) is 10.5. The van der Waals surface area contributed by atoms with Crippen molar-refractivity contribution in [1.29, 1.82) is 0 Å². The predicted octanol–water partition coefficient (Wildman–Crippen LogP) is 1.34. The molecule has 1 unspecified atom stereocenters. The zero-order valence-electron chi connectivity index (χ0n) is 10.5. The van der Waals surface area contributed by atoms with Gasteiger partial charge in [-0.2, -0.15) is 0 Å². The van der Waals surface area contributed by atoms with Crippen molar-refractivity contribution >= 4 is 0 Å². The average Bonchev–Trinajstić information content (AvgIpc) is 2.43. The number of nitrogens with zero attached hydrogens (tertiary/aromatic N) is 1. The Kier molecular flexibility index (Phi) is 6.22. The highest BCUT2D eigenvalue weighted by atomic mass is 16.5. The van der Waals surface area contributed by atoms with Gasteiger partial charge in [-0.1, -0.05) is 20.8 Å². The Morgan fingerprint density at radius 1 is 1.20 bits per heavy atom. The summed E-state index contributed by atoms with van der Waals surface area (Å²) in [6.45, 7) is 13.2. The summed E-state index contributed by atoms with van der Waals surface area (Å²) >= 11 is 0. The first-order chi connectivity index (χ1) is 7.18. The van der Waals surface area contributed by atoms with Crippen molar-refractivity contribution < 1.29 is 4.74 Å². The van der Waals surface area contributed by atoms with Crippen LogP contribution in [0.1, 0.15) is 27.2 Å². The van der Waals surface area contributed by atoms with Gasteiger partial charge in [0.25, 0.3) is 0 Å². The van der Waals surface area contributed by atoms with Crippen molar-refractivity contribution in [2.75, 3.05) is 39.4 Å². The van der Waals surface area contributed by atoms with Crippen LogP contribution in [-0.4, -0.2) is 50.3 Å². The van der Waals surface area contributed by atoms with Crippen LogP contribution in [0.15, 0.2) is 0 Å². The Hall–Kier alpha value is -0.120. The van der Waals surface area contributed by atoms with Gasteiger partial charge in [-0.25, -0.2) is 0 Å². The third-order valence-corrected chi connectivity index (χ3v) is 2.76. The second kappa shape index (κ2) is 7.20. The molecule has 0 bridgehead atoms. The van der Waals surface area contributed by atoms with Gasteiger partial charge in [0.15, 0.2) is 0 Å². The van der Waals surface area contributed by atoms with Gasteiger partial charge in [0.1, 0.15) is 0 Å². The quantitative estimate of drug-likeness (QED) is 0.747. The predicted molar refractivity (Wildman–Crippen MR) is 64.2 cm³/mol. The summed E-state index contributed by atoms with van der Waals surface area (Å²) < 4.78 is 5.45. The van der Waals surface area contributed by atoms with E-state index >= 15 is 0 Å².